The van der Waals surface area contributed by atoms with Crippen molar-refractivity contribution in [3.63, 3.8) is 0 Å². The van der Waals surface area contributed by atoms with Crippen LogP contribution in [0.15, 0.2) is 66.7 Å². The molecule has 0 unspecified atom stereocenters. The van der Waals surface area contributed by atoms with Gasteiger partial charge in [0.15, 0.2) is 0 Å². The van der Waals surface area contributed by atoms with Gasteiger partial charge in [-0.1, -0.05) is 18.2 Å². The zero-order chi connectivity index (χ0) is 24.7. The maximum absolute atomic E-state index is 12.5. The molecule has 180 valence electrons. The Kier molecular flexibility index (Phi) is 8.17. The van der Waals surface area contributed by atoms with Gasteiger partial charge in [0.25, 0.3) is 5.91 Å². The summed E-state index contributed by atoms with van der Waals surface area (Å²) < 4.78 is 37.0. The lowest BCUT2D eigenvalue weighted by atomic mass is 10.1. The lowest BCUT2D eigenvalue weighted by molar-refractivity contribution is 0.0947. The second kappa shape index (κ2) is 11.1. The number of nitrogens with zero attached hydrogens (tertiary/aromatic N) is 1. The van der Waals surface area contributed by atoms with Crippen molar-refractivity contribution < 1.29 is 22.7 Å². The standard InChI is InChI=1S/C26H30N2O5S/c1-19-15-20(2)17-23(16-19)28(34(4,30)31)18-21-5-7-22(8-6-21)26(29)27-13-14-33-25-11-9-24(32-3)10-12-25/h5-12,15-17H,13-14,18H2,1-4H3,(H,27,29). The van der Waals surface area contributed by atoms with Crippen molar-refractivity contribution in [1.82, 2.24) is 5.32 Å². The average Bonchev–Trinajstić information content (AvgIpc) is 2.79. The van der Waals surface area contributed by atoms with Gasteiger partial charge in [-0.05, 0) is 79.1 Å². The van der Waals surface area contributed by atoms with E-state index in [4.69, 9.17) is 9.47 Å². The number of aryl methyl sites for hydroxylation is 2. The van der Waals surface area contributed by atoms with Crippen LogP contribution in [-0.4, -0.2) is 40.8 Å². The number of benzene rings is 3. The fraction of sp³-hybridized carbons (Fsp3) is 0.269. The molecular formula is C26H30N2O5S. The van der Waals surface area contributed by atoms with E-state index in [1.165, 1.54) is 10.6 Å². The number of carbonyl (C=O) groups excluding carboxylic acids is 1. The molecule has 0 aliphatic carbocycles. The van der Waals surface area contributed by atoms with Gasteiger partial charge in [-0.2, -0.15) is 0 Å². The number of rotatable bonds is 10. The molecule has 0 aromatic heterocycles. The Bertz CT molecular complexity index is 1200. The molecule has 1 amide bonds. The Morgan fingerprint density at radius 1 is 0.912 bits per heavy atom. The number of sulfonamides is 1. The third-order valence-corrected chi connectivity index (χ3v) is 6.29. The first-order chi connectivity index (χ1) is 16.2. The molecule has 0 bridgehead atoms. The number of carbonyl (C=O) groups is 1. The lowest BCUT2D eigenvalue weighted by Crippen LogP contribution is -2.30. The molecule has 0 radical (unpaired) electrons. The maximum Gasteiger partial charge on any atom is 0.251 e. The number of nitrogens with one attached hydrogen (secondary N) is 1. The minimum Gasteiger partial charge on any atom is -0.497 e. The van der Waals surface area contributed by atoms with E-state index in [1.807, 2.05) is 32.0 Å². The first kappa shape index (κ1) is 25.1. The molecule has 0 saturated heterocycles. The molecule has 0 aliphatic rings. The van der Waals surface area contributed by atoms with Crippen LogP contribution in [0.2, 0.25) is 0 Å². The molecule has 3 aromatic carbocycles. The van der Waals surface area contributed by atoms with Crippen LogP contribution in [0.25, 0.3) is 0 Å². The topological polar surface area (TPSA) is 84.9 Å². The molecule has 0 saturated carbocycles. The highest BCUT2D eigenvalue weighted by Crippen LogP contribution is 2.24. The zero-order valence-electron chi connectivity index (χ0n) is 19.9. The maximum atomic E-state index is 12.5. The van der Waals surface area contributed by atoms with Crippen molar-refractivity contribution in [1.29, 1.82) is 0 Å². The van der Waals surface area contributed by atoms with Crippen LogP contribution >= 0.6 is 0 Å². The van der Waals surface area contributed by atoms with E-state index in [0.29, 0.717) is 30.2 Å². The first-order valence-electron chi connectivity index (χ1n) is 10.9. The van der Waals surface area contributed by atoms with E-state index in [1.54, 1.807) is 55.6 Å². The lowest BCUT2D eigenvalue weighted by Gasteiger charge is -2.23. The molecule has 1 N–H and O–H groups in total. The molecule has 34 heavy (non-hydrogen) atoms. The van der Waals surface area contributed by atoms with Crippen LogP contribution in [0.4, 0.5) is 5.69 Å². The Labute approximate surface area is 201 Å². The van der Waals surface area contributed by atoms with Crippen LogP contribution in [0, 0.1) is 13.8 Å². The van der Waals surface area contributed by atoms with Gasteiger partial charge in [-0.3, -0.25) is 9.10 Å². The number of hydrogen-bond donors (Lipinski definition) is 1. The van der Waals surface area contributed by atoms with E-state index < -0.39 is 10.0 Å². The summed E-state index contributed by atoms with van der Waals surface area (Å²) in [4.78, 5) is 12.4. The third kappa shape index (κ3) is 6.99. The highest BCUT2D eigenvalue weighted by molar-refractivity contribution is 7.92. The molecule has 0 atom stereocenters. The highest BCUT2D eigenvalue weighted by Gasteiger charge is 2.19. The van der Waals surface area contributed by atoms with E-state index in [-0.39, 0.29) is 12.5 Å². The summed E-state index contributed by atoms with van der Waals surface area (Å²) in [5.41, 5.74) is 3.88. The van der Waals surface area contributed by atoms with Gasteiger partial charge < -0.3 is 14.8 Å². The molecule has 8 heteroatoms. The average molecular weight is 483 g/mol. The van der Waals surface area contributed by atoms with E-state index >= 15 is 0 Å². The minimum absolute atomic E-state index is 0.180. The molecule has 7 nitrogen and oxygen atoms in total. The summed E-state index contributed by atoms with van der Waals surface area (Å²) >= 11 is 0. The van der Waals surface area contributed by atoms with Crippen LogP contribution in [0.3, 0.4) is 0 Å². The third-order valence-electron chi connectivity index (χ3n) is 5.15. The highest BCUT2D eigenvalue weighted by atomic mass is 32.2. The molecule has 3 aromatic rings. The second-order valence-corrected chi connectivity index (χ2v) is 10.00. The normalized spacial score (nSPS) is 11.1. The number of amides is 1. The molecular weight excluding hydrogens is 452 g/mol. The Balaban J connectivity index is 1.57. The predicted octanol–water partition coefficient (Wildman–Crippen LogP) is 4.09. The summed E-state index contributed by atoms with van der Waals surface area (Å²) in [6, 6.07) is 19.8. The summed E-state index contributed by atoms with van der Waals surface area (Å²) in [7, 11) is -1.88. The quantitative estimate of drug-likeness (QED) is 0.440. The van der Waals surface area contributed by atoms with Crippen LogP contribution < -0.4 is 19.1 Å². The predicted molar refractivity (Wildman–Crippen MR) is 134 cm³/mol. The number of methoxy groups -OCH3 is 1. The van der Waals surface area contributed by atoms with E-state index in [9.17, 15) is 13.2 Å². The van der Waals surface area contributed by atoms with Gasteiger partial charge >= 0.3 is 0 Å². The largest absolute Gasteiger partial charge is 0.497 e. The summed E-state index contributed by atoms with van der Waals surface area (Å²) in [5.74, 6) is 1.22. The van der Waals surface area contributed by atoms with Gasteiger partial charge in [0.05, 0.1) is 32.1 Å². The van der Waals surface area contributed by atoms with Crippen molar-refractivity contribution >= 4 is 21.6 Å². The van der Waals surface area contributed by atoms with Crippen molar-refractivity contribution in [3.8, 4) is 11.5 Å². The number of ether oxygens (including phenoxy) is 2. The smallest absolute Gasteiger partial charge is 0.251 e. The van der Waals surface area contributed by atoms with Gasteiger partial charge in [0.2, 0.25) is 10.0 Å². The van der Waals surface area contributed by atoms with Crippen molar-refractivity contribution in [2.24, 2.45) is 0 Å². The minimum atomic E-state index is -3.48. The molecule has 0 spiro atoms. The zero-order valence-corrected chi connectivity index (χ0v) is 20.7. The molecule has 0 aliphatic heterocycles. The second-order valence-electron chi connectivity index (χ2n) is 8.09. The van der Waals surface area contributed by atoms with Gasteiger partial charge in [0.1, 0.15) is 18.1 Å². The number of hydrogen-bond acceptors (Lipinski definition) is 5. The summed E-state index contributed by atoms with van der Waals surface area (Å²) in [6.45, 7) is 4.73. The summed E-state index contributed by atoms with van der Waals surface area (Å²) in [6.07, 6.45) is 1.19. The van der Waals surface area contributed by atoms with Crippen molar-refractivity contribution in [3.05, 3.63) is 89.0 Å². The Morgan fingerprint density at radius 3 is 2.06 bits per heavy atom. The molecule has 0 heterocycles. The van der Waals surface area contributed by atoms with Gasteiger partial charge in [-0.15, -0.1) is 0 Å². The van der Waals surface area contributed by atoms with Crippen LogP contribution in [-0.2, 0) is 16.6 Å². The van der Waals surface area contributed by atoms with Gasteiger partial charge in [0, 0.05) is 5.56 Å². The SMILES string of the molecule is COc1ccc(OCCNC(=O)c2ccc(CN(c3cc(C)cc(C)c3)S(C)(=O)=O)cc2)cc1. The molecule has 3 rings (SSSR count). The molecule has 0 fully saturated rings. The summed E-state index contributed by atoms with van der Waals surface area (Å²) in [5, 5.41) is 2.82. The van der Waals surface area contributed by atoms with Crippen molar-refractivity contribution in [2.45, 2.75) is 20.4 Å². The fourth-order valence-corrected chi connectivity index (χ4v) is 4.40. The van der Waals surface area contributed by atoms with E-state index in [0.717, 1.165) is 22.4 Å². The Hall–Kier alpha value is -3.52. The monoisotopic (exact) mass is 482 g/mol. The van der Waals surface area contributed by atoms with Crippen molar-refractivity contribution in [2.75, 3.05) is 30.8 Å². The van der Waals surface area contributed by atoms with Gasteiger partial charge in [-0.25, -0.2) is 8.42 Å². The fourth-order valence-electron chi connectivity index (χ4n) is 3.53. The first-order valence-corrected chi connectivity index (χ1v) is 12.7. The Morgan fingerprint density at radius 2 is 1.50 bits per heavy atom. The van der Waals surface area contributed by atoms with Crippen LogP contribution in [0.1, 0.15) is 27.0 Å². The van der Waals surface area contributed by atoms with E-state index in [2.05, 4.69) is 5.32 Å². The number of anilines is 1. The van der Waals surface area contributed by atoms with Crippen LogP contribution in [0.5, 0.6) is 11.5 Å².